The number of benzene rings is 3. The lowest BCUT2D eigenvalue weighted by Crippen LogP contribution is -2.50. The van der Waals surface area contributed by atoms with Crippen molar-refractivity contribution >= 4 is 84.6 Å². The molecule has 0 aliphatic carbocycles. The molecule has 3 amide bonds. The number of piperazine rings is 3. The minimum atomic E-state index is 0.0209. The molecule has 34 nitrogen and oxygen atoms in total. The summed E-state index contributed by atoms with van der Waals surface area (Å²) in [5.74, 6) is 1.58. The number of fused-ring (bicyclic) bond motifs is 6. The summed E-state index contributed by atoms with van der Waals surface area (Å²) in [7, 11) is 8.43. The highest BCUT2D eigenvalue weighted by molar-refractivity contribution is 5.98. The van der Waals surface area contributed by atoms with E-state index in [2.05, 4.69) is 186 Å². The summed E-state index contributed by atoms with van der Waals surface area (Å²) >= 11 is 0. The monoisotopic (exact) mass is 1820 g/mol. The maximum Gasteiger partial charge on any atom is 0.250 e. The Hall–Kier alpha value is -12.6. The Morgan fingerprint density at radius 1 is 0.440 bits per heavy atom. The molecular weight excluding hydrogens is 1690 g/mol. The third-order valence-corrected chi connectivity index (χ3v) is 29.7. The first-order chi connectivity index (χ1) is 65.4. The first-order valence-electron chi connectivity index (χ1n) is 48.2. The van der Waals surface area contributed by atoms with Gasteiger partial charge >= 0.3 is 0 Å². The van der Waals surface area contributed by atoms with E-state index in [4.69, 9.17) is 33.9 Å². The summed E-state index contributed by atoms with van der Waals surface area (Å²) in [5, 5.41) is 60.5. The second-order valence-electron chi connectivity index (χ2n) is 37.9. The van der Waals surface area contributed by atoms with Gasteiger partial charge in [-0.1, -0.05) is 30.4 Å². The smallest absolute Gasteiger partial charge is 0.250 e. The van der Waals surface area contributed by atoms with Gasteiger partial charge in [-0.05, 0) is 174 Å². The summed E-state index contributed by atoms with van der Waals surface area (Å²) < 4.78 is 24.7. The lowest BCUT2D eigenvalue weighted by molar-refractivity contribution is -0.128. The van der Waals surface area contributed by atoms with Crippen LogP contribution in [-0.4, -0.2) is 339 Å². The number of carbonyl (C=O) groups excluding carboxylic acids is 3. The number of carbonyl (C=O) groups is 3. The van der Waals surface area contributed by atoms with Crippen LogP contribution in [0.3, 0.4) is 0 Å². The molecule has 21 rings (SSSR count). The van der Waals surface area contributed by atoms with Gasteiger partial charge in [-0.2, -0.15) is 31.1 Å². The van der Waals surface area contributed by atoms with Crippen LogP contribution in [0.1, 0.15) is 112 Å². The molecule has 9 aromatic rings. The van der Waals surface area contributed by atoms with E-state index in [1.54, 1.807) is 6.08 Å². The van der Waals surface area contributed by atoms with Crippen LogP contribution in [0.25, 0.3) is 32.7 Å². The van der Waals surface area contributed by atoms with E-state index in [0.717, 1.165) is 237 Å². The van der Waals surface area contributed by atoms with E-state index >= 15 is 0 Å². The molecule has 6 aromatic heterocycles. The van der Waals surface area contributed by atoms with Gasteiger partial charge in [0.1, 0.15) is 54.7 Å². The Morgan fingerprint density at radius 3 is 1.16 bits per heavy atom. The molecule has 3 atom stereocenters. The zero-order chi connectivity index (χ0) is 92.2. The number of nitrogens with one attached hydrogen (secondary N) is 4. The first-order valence-corrected chi connectivity index (χ1v) is 48.2. The third-order valence-electron chi connectivity index (χ3n) is 29.7. The van der Waals surface area contributed by atoms with Crippen LogP contribution in [0.4, 0.5) is 34.1 Å². The Kier molecular flexibility index (Phi) is 27.2. The molecule has 0 bridgehead atoms. The molecule has 7 fully saturated rings. The number of aromatic nitrogens is 9. The minimum absolute atomic E-state index is 0.0209. The molecule has 12 aliphatic heterocycles. The predicted molar refractivity (Wildman–Crippen MR) is 516 cm³/mol. The summed E-state index contributed by atoms with van der Waals surface area (Å²) in [6.45, 7) is 29.2. The Bertz CT molecular complexity index is 6090. The summed E-state index contributed by atoms with van der Waals surface area (Å²) in [5.41, 5.74) is 22.5. The van der Waals surface area contributed by atoms with Gasteiger partial charge in [0, 0.05) is 205 Å². The van der Waals surface area contributed by atoms with Crippen LogP contribution >= 0.6 is 0 Å². The highest BCUT2D eigenvalue weighted by Gasteiger charge is 2.40. The molecule has 34 heteroatoms. The van der Waals surface area contributed by atoms with Gasteiger partial charge < -0.3 is 88.0 Å². The van der Waals surface area contributed by atoms with Crippen LogP contribution in [0.5, 0.6) is 17.6 Å². The van der Waals surface area contributed by atoms with Crippen molar-refractivity contribution in [1.29, 1.82) is 15.8 Å². The number of likely N-dealkylation sites (N-methyl/N-ethyl adjacent to an activating group) is 4. The minimum Gasteiger partial charge on any atom is -0.475 e. The maximum atomic E-state index is 13.2. The quantitative estimate of drug-likeness (QED) is 0.0555. The average Bonchev–Trinajstić information content (AvgIpc) is 1.33. The van der Waals surface area contributed by atoms with Crippen LogP contribution in [0.15, 0.2) is 90.6 Å². The van der Waals surface area contributed by atoms with E-state index in [0.29, 0.717) is 190 Å². The van der Waals surface area contributed by atoms with Gasteiger partial charge in [0.2, 0.25) is 29.5 Å². The number of morpholine rings is 1. The number of rotatable bonds is 19. The molecule has 0 unspecified atom stereocenters. The predicted octanol–water partition coefficient (Wildman–Crippen LogP) is 8.10. The van der Waals surface area contributed by atoms with E-state index in [1.165, 1.54) is 28.1 Å². The van der Waals surface area contributed by atoms with E-state index in [9.17, 15) is 30.2 Å². The second kappa shape index (κ2) is 40.3. The summed E-state index contributed by atoms with van der Waals surface area (Å²) in [6, 6.07) is 21.0. The molecule has 4 N–H and O–H groups in total. The van der Waals surface area contributed by atoms with Crippen LogP contribution in [0.2, 0.25) is 0 Å². The van der Waals surface area contributed by atoms with Gasteiger partial charge in [0.15, 0.2) is 0 Å². The van der Waals surface area contributed by atoms with E-state index in [1.807, 2.05) is 58.7 Å². The van der Waals surface area contributed by atoms with Crippen molar-refractivity contribution in [1.82, 2.24) is 90.1 Å². The van der Waals surface area contributed by atoms with Crippen molar-refractivity contribution in [3.63, 3.8) is 0 Å². The van der Waals surface area contributed by atoms with Crippen LogP contribution < -0.4 is 48.9 Å². The molecule has 0 radical (unpaired) electrons. The first kappa shape index (κ1) is 90.5. The number of pyridine rings is 3. The van der Waals surface area contributed by atoms with Gasteiger partial charge in [-0.25, -0.2) is 15.0 Å². The normalized spacial score (nSPS) is 20.9. The standard InChI is InChI=1S/C34H43N9O3.2C33H41N9O2/c1-24-5-6-29-28(21-36-38-29)32(24)43-11-7-26-30(22-43)37-34(46-23-25-4-3-9-39(25)2)27(20-35)33(26)42-14-12-41(13-15-42)31(44)8-10-40-16-18-45-19-17-40;1-22-6-7-28-27(18-35-37-28)30(22)42-12-9-25-29(20-42)36-32(44-21-24-5-4-10-39(24)3)26(17-34)31(25)40-13-15-41(16-14-40)33(43)23-8-11-38(2)19-23;1-22-5-6-28-27(19-36-38-28)30(22)42-13-9-25-29(20-42)37-32(44-21-24-4-3-12-39(24)2)26(18-34)31(25)40-14-16-41(17-15-40)33(43)23-7-10-35-11-8-23/h5-6,8,10,21,25H,3-4,7,9,11-19,22-23H2,1-2H3,(H,36,38);6-8,18,24H,4-5,9-16,19-21H2,1-3H3,(H,35,37);5-7,19,24,35H,3-4,8-17,20-21H2,1-2H3,(H,36,38)/b10-8+;;/t25-;2*24-/m000/s1. The van der Waals surface area contributed by atoms with Crippen LogP contribution in [0, 0.1) is 54.8 Å². The zero-order valence-corrected chi connectivity index (χ0v) is 78.6. The summed E-state index contributed by atoms with van der Waals surface area (Å²) in [6.07, 6.45) is 23.1. The molecule has 12 aliphatic rings. The number of nitriles is 3. The number of ether oxygens (including phenoxy) is 4. The van der Waals surface area contributed by atoms with Crippen molar-refractivity contribution in [2.75, 3.05) is 248 Å². The number of nitrogens with zero attached hydrogens (tertiary/aromatic N) is 23. The Labute approximate surface area is 783 Å². The lowest BCUT2D eigenvalue weighted by Gasteiger charge is -2.40. The third kappa shape index (κ3) is 18.8. The Balaban J connectivity index is 0.000000129. The zero-order valence-electron chi connectivity index (χ0n) is 78.6. The Morgan fingerprint density at radius 2 is 0.821 bits per heavy atom. The van der Waals surface area contributed by atoms with Crippen LogP contribution in [-0.2, 0) is 58.0 Å². The second-order valence-corrected chi connectivity index (χ2v) is 37.9. The van der Waals surface area contributed by atoms with Gasteiger partial charge in [-0.15, -0.1) is 0 Å². The SMILES string of the molecule is Cc1ccc2[nH]ncc2c1N1CCc2c(nc(OC[C@@H]3CCCN3C)c(C#N)c2N2CCN(C(=O)/C=C/N3CCOCC3)CC2)C1.Cc1ccc2[nH]ncc2c1N1CCc2c(nc(OC[C@@H]3CCCN3C)c(C#N)c2N2CCN(C(=O)C3=CCN(C)C3)CC2)C1.Cc1ccc2[nH]ncc2c1N1CCc2c(nc(OC[C@@H]3CCCN3C)c(C#N)c2N2CCN(C(=O)C3=CCNCC3)CC2)C1. The molecular formula is C100H125N27O7. The average molecular weight is 1820 g/mol. The van der Waals surface area contributed by atoms with Gasteiger partial charge in [0.05, 0.1) is 119 Å². The van der Waals surface area contributed by atoms with Crippen molar-refractivity contribution < 1.29 is 33.3 Å². The van der Waals surface area contributed by atoms with Crippen molar-refractivity contribution in [3.8, 4) is 35.8 Å². The number of amides is 3. The summed E-state index contributed by atoms with van der Waals surface area (Å²) in [4.78, 5) is 85.8. The fourth-order valence-electron chi connectivity index (χ4n) is 22.0. The molecule has 18 heterocycles. The fraction of sp³-hybridized carbons (Fsp3) is 0.520. The van der Waals surface area contributed by atoms with Crippen molar-refractivity contribution in [2.45, 2.75) is 123 Å². The molecule has 7 saturated heterocycles. The maximum absolute atomic E-state index is 13.2. The molecule has 0 saturated carbocycles. The fourth-order valence-corrected chi connectivity index (χ4v) is 22.0. The van der Waals surface area contributed by atoms with E-state index < -0.39 is 0 Å². The van der Waals surface area contributed by atoms with Gasteiger partial charge in [-0.3, -0.25) is 34.6 Å². The largest absolute Gasteiger partial charge is 0.475 e. The highest BCUT2D eigenvalue weighted by Crippen LogP contribution is 2.45. The van der Waals surface area contributed by atoms with Crippen molar-refractivity contribution in [2.24, 2.45) is 0 Å². The number of likely N-dealkylation sites (tertiary alicyclic amines) is 3. The van der Waals surface area contributed by atoms with Gasteiger partial charge in [0.25, 0.3) is 5.91 Å². The molecule has 134 heavy (non-hydrogen) atoms. The number of anilines is 6. The van der Waals surface area contributed by atoms with Crippen molar-refractivity contribution in [3.05, 3.63) is 158 Å². The lowest BCUT2D eigenvalue weighted by atomic mass is 9.96. The van der Waals surface area contributed by atoms with E-state index in [-0.39, 0.29) is 17.7 Å². The molecule has 0 spiro atoms. The highest BCUT2D eigenvalue weighted by atomic mass is 16.5. The molecule has 3 aromatic carbocycles. The number of H-pyrrole nitrogens is 3. The number of aryl methyl sites for hydroxylation is 3. The number of hydrogen-bond donors (Lipinski definition) is 4. The number of aromatic amines is 3. The molecule has 702 valence electrons. The number of hydrogen-bond acceptors (Lipinski definition) is 28. The topological polar surface area (TPSA) is 342 Å².